The van der Waals surface area contributed by atoms with E-state index in [2.05, 4.69) is 15.6 Å². The molecule has 0 atom stereocenters. The molecule has 2 amide bonds. The Labute approximate surface area is 159 Å². The molecule has 1 aromatic heterocycles. The number of hydrogen-bond acceptors (Lipinski definition) is 5. The highest BCUT2D eigenvalue weighted by atomic mass is 35.5. The number of carbonyl (C=O) groups excluding carboxylic acids is 1. The summed E-state index contributed by atoms with van der Waals surface area (Å²) in [5.41, 5.74) is 2.20. The maximum absolute atomic E-state index is 12.1. The zero-order valence-corrected chi connectivity index (χ0v) is 15.6. The smallest absolute Gasteiger partial charge is 0.325 e. The second-order valence-corrected chi connectivity index (χ2v) is 6.49. The third-order valence-corrected chi connectivity index (χ3v) is 4.48. The summed E-state index contributed by atoms with van der Waals surface area (Å²) in [5, 5.41) is 8.31. The molecular formula is C18H16ClN3O3S. The van der Waals surface area contributed by atoms with Gasteiger partial charge in [0.15, 0.2) is 16.6 Å². The number of carbonyl (C=O) groups is 1. The lowest BCUT2D eigenvalue weighted by Gasteiger charge is -2.08. The number of benzene rings is 2. The van der Waals surface area contributed by atoms with Gasteiger partial charge >= 0.3 is 6.03 Å². The molecule has 3 rings (SSSR count). The highest BCUT2D eigenvalue weighted by molar-refractivity contribution is 7.14. The maximum Gasteiger partial charge on any atom is 0.325 e. The van der Waals surface area contributed by atoms with Gasteiger partial charge in [0.1, 0.15) is 0 Å². The molecule has 0 aliphatic carbocycles. The van der Waals surface area contributed by atoms with E-state index in [1.807, 2.05) is 23.6 Å². The summed E-state index contributed by atoms with van der Waals surface area (Å²) >= 11 is 7.23. The van der Waals surface area contributed by atoms with Gasteiger partial charge in [-0.25, -0.2) is 9.78 Å². The number of amides is 2. The van der Waals surface area contributed by atoms with Gasteiger partial charge < -0.3 is 14.8 Å². The van der Waals surface area contributed by atoms with Gasteiger partial charge in [0, 0.05) is 21.7 Å². The van der Waals surface area contributed by atoms with E-state index in [1.54, 1.807) is 38.5 Å². The molecule has 0 aliphatic heterocycles. The number of thiazole rings is 1. The van der Waals surface area contributed by atoms with Crippen LogP contribution in [0.25, 0.3) is 11.3 Å². The fraction of sp³-hybridized carbons (Fsp3) is 0.111. The summed E-state index contributed by atoms with van der Waals surface area (Å²) in [6.07, 6.45) is 0. The fourth-order valence-electron chi connectivity index (χ4n) is 2.28. The van der Waals surface area contributed by atoms with Gasteiger partial charge in [-0.2, -0.15) is 0 Å². The predicted molar refractivity (Wildman–Crippen MR) is 105 cm³/mol. The predicted octanol–water partition coefficient (Wildman–Crippen LogP) is 5.12. The first-order valence-electron chi connectivity index (χ1n) is 7.60. The number of methoxy groups -OCH3 is 2. The second kappa shape index (κ2) is 8.07. The zero-order chi connectivity index (χ0) is 18.5. The van der Waals surface area contributed by atoms with Gasteiger partial charge in [0.25, 0.3) is 0 Å². The number of anilines is 2. The molecule has 0 radical (unpaired) electrons. The topological polar surface area (TPSA) is 72.5 Å². The lowest BCUT2D eigenvalue weighted by Crippen LogP contribution is -2.19. The summed E-state index contributed by atoms with van der Waals surface area (Å²) in [4.78, 5) is 16.5. The molecule has 0 spiro atoms. The van der Waals surface area contributed by atoms with E-state index >= 15 is 0 Å². The fourth-order valence-corrected chi connectivity index (χ4v) is 3.19. The molecule has 1 heterocycles. The monoisotopic (exact) mass is 389 g/mol. The van der Waals surface area contributed by atoms with Crippen molar-refractivity contribution in [2.24, 2.45) is 0 Å². The number of halogens is 1. The molecule has 0 bridgehead atoms. The van der Waals surface area contributed by atoms with Crippen LogP contribution in [0.2, 0.25) is 5.02 Å². The lowest BCUT2D eigenvalue weighted by atomic mass is 10.1. The Morgan fingerprint density at radius 1 is 1.08 bits per heavy atom. The largest absolute Gasteiger partial charge is 0.493 e. The third-order valence-electron chi connectivity index (χ3n) is 3.49. The number of nitrogens with zero attached hydrogens (tertiary/aromatic N) is 1. The molecule has 2 N–H and O–H groups in total. The molecular weight excluding hydrogens is 374 g/mol. The van der Waals surface area contributed by atoms with Crippen molar-refractivity contribution in [1.82, 2.24) is 4.98 Å². The Kier molecular flexibility index (Phi) is 5.60. The minimum absolute atomic E-state index is 0.388. The van der Waals surface area contributed by atoms with Gasteiger partial charge in [0.2, 0.25) is 0 Å². The van der Waals surface area contributed by atoms with Crippen LogP contribution in [0.5, 0.6) is 11.5 Å². The van der Waals surface area contributed by atoms with Crippen molar-refractivity contribution in [1.29, 1.82) is 0 Å². The minimum atomic E-state index is -0.388. The molecule has 134 valence electrons. The number of rotatable bonds is 5. The summed E-state index contributed by atoms with van der Waals surface area (Å²) in [6, 6.07) is 12.1. The van der Waals surface area contributed by atoms with E-state index in [0.717, 1.165) is 11.3 Å². The first-order chi connectivity index (χ1) is 12.6. The standard InChI is InChI=1S/C18H16ClN3O3S/c1-24-15-7-6-11(8-16(15)25-2)14-10-26-18(21-14)22-17(23)20-13-5-3-4-12(19)9-13/h3-10H,1-2H3,(H2,20,21,22,23). The van der Waals surface area contributed by atoms with E-state index in [4.69, 9.17) is 21.1 Å². The minimum Gasteiger partial charge on any atom is -0.493 e. The number of aromatic nitrogens is 1. The van der Waals surface area contributed by atoms with Crippen molar-refractivity contribution < 1.29 is 14.3 Å². The van der Waals surface area contributed by atoms with Crippen LogP contribution in [-0.4, -0.2) is 25.2 Å². The SMILES string of the molecule is COc1ccc(-c2csc(NC(=O)Nc3cccc(Cl)c3)n2)cc1OC. The first kappa shape index (κ1) is 18.0. The summed E-state index contributed by atoms with van der Waals surface area (Å²) in [6.45, 7) is 0. The molecule has 0 saturated carbocycles. The summed E-state index contributed by atoms with van der Waals surface area (Å²) in [5.74, 6) is 1.26. The van der Waals surface area contributed by atoms with E-state index in [1.165, 1.54) is 11.3 Å². The Morgan fingerprint density at radius 2 is 1.88 bits per heavy atom. The van der Waals surface area contributed by atoms with E-state index in [9.17, 15) is 4.79 Å². The van der Waals surface area contributed by atoms with Crippen LogP contribution in [0, 0.1) is 0 Å². The Hall–Kier alpha value is -2.77. The quantitative estimate of drug-likeness (QED) is 0.634. The Morgan fingerprint density at radius 3 is 2.62 bits per heavy atom. The summed E-state index contributed by atoms with van der Waals surface area (Å²) in [7, 11) is 3.16. The molecule has 6 nitrogen and oxygen atoms in total. The molecule has 0 saturated heterocycles. The van der Waals surface area contributed by atoms with E-state index < -0.39 is 0 Å². The second-order valence-electron chi connectivity index (χ2n) is 5.20. The van der Waals surface area contributed by atoms with E-state index in [-0.39, 0.29) is 6.03 Å². The number of hydrogen-bond donors (Lipinski definition) is 2. The van der Waals surface area contributed by atoms with Crippen molar-refractivity contribution >= 4 is 39.8 Å². The van der Waals surface area contributed by atoms with Crippen LogP contribution in [0.15, 0.2) is 47.8 Å². The number of ether oxygens (including phenoxy) is 2. The van der Waals surface area contributed by atoms with Crippen LogP contribution >= 0.6 is 22.9 Å². The molecule has 3 aromatic rings. The highest BCUT2D eigenvalue weighted by Gasteiger charge is 2.11. The van der Waals surface area contributed by atoms with Crippen LogP contribution in [0.1, 0.15) is 0 Å². The molecule has 0 unspecified atom stereocenters. The van der Waals surface area contributed by atoms with Crippen molar-refractivity contribution in [3.05, 3.63) is 52.9 Å². The van der Waals surface area contributed by atoms with Gasteiger partial charge in [-0.3, -0.25) is 5.32 Å². The van der Waals surface area contributed by atoms with Crippen molar-refractivity contribution in [3.63, 3.8) is 0 Å². The van der Waals surface area contributed by atoms with Gasteiger partial charge in [0.05, 0.1) is 19.9 Å². The van der Waals surface area contributed by atoms with Crippen molar-refractivity contribution in [2.45, 2.75) is 0 Å². The van der Waals surface area contributed by atoms with E-state index in [0.29, 0.717) is 27.3 Å². The lowest BCUT2D eigenvalue weighted by molar-refractivity contribution is 0.262. The van der Waals surface area contributed by atoms with Gasteiger partial charge in [-0.15, -0.1) is 11.3 Å². The van der Waals surface area contributed by atoms with Crippen LogP contribution in [0.4, 0.5) is 15.6 Å². The van der Waals surface area contributed by atoms with Crippen LogP contribution < -0.4 is 20.1 Å². The Bertz CT molecular complexity index is 930. The molecule has 0 aliphatic rings. The molecule has 8 heteroatoms. The maximum atomic E-state index is 12.1. The number of urea groups is 1. The zero-order valence-electron chi connectivity index (χ0n) is 14.1. The highest BCUT2D eigenvalue weighted by Crippen LogP contribution is 2.33. The molecule has 0 fully saturated rings. The van der Waals surface area contributed by atoms with Crippen LogP contribution in [-0.2, 0) is 0 Å². The van der Waals surface area contributed by atoms with Crippen molar-refractivity contribution in [3.8, 4) is 22.8 Å². The van der Waals surface area contributed by atoms with Crippen LogP contribution in [0.3, 0.4) is 0 Å². The van der Waals surface area contributed by atoms with Crippen molar-refractivity contribution in [2.75, 3.05) is 24.9 Å². The average Bonchev–Trinajstić information content (AvgIpc) is 3.09. The average molecular weight is 390 g/mol. The Balaban J connectivity index is 1.70. The van der Waals surface area contributed by atoms with Gasteiger partial charge in [-0.1, -0.05) is 17.7 Å². The first-order valence-corrected chi connectivity index (χ1v) is 8.86. The number of nitrogens with one attached hydrogen (secondary N) is 2. The normalized spacial score (nSPS) is 10.3. The van der Waals surface area contributed by atoms with Gasteiger partial charge in [-0.05, 0) is 36.4 Å². The molecule has 26 heavy (non-hydrogen) atoms. The molecule has 2 aromatic carbocycles. The summed E-state index contributed by atoms with van der Waals surface area (Å²) < 4.78 is 10.5. The third kappa shape index (κ3) is 4.25.